The lowest BCUT2D eigenvalue weighted by Gasteiger charge is -2.36. The van der Waals surface area contributed by atoms with Crippen LogP contribution in [0.4, 0.5) is 4.39 Å². The number of hydrogen-bond donors (Lipinski definition) is 0. The monoisotopic (exact) mass is 393 g/mol. The first-order valence-corrected chi connectivity index (χ1v) is 9.40. The number of benzene rings is 2. The third kappa shape index (κ3) is 4.23. The van der Waals surface area contributed by atoms with Gasteiger partial charge in [-0.3, -0.25) is 9.69 Å². The number of rotatable bonds is 4. The zero-order valence-electron chi connectivity index (χ0n) is 15.8. The predicted molar refractivity (Wildman–Crippen MR) is 105 cm³/mol. The van der Waals surface area contributed by atoms with Gasteiger partial charge in [-0.1, -0.05) is 18.2 Å². The number of piperazine rings is 1. The van der Waals surface area contributed by atoms with E-state index in [9.17, 15) is 14.4 Å². The maximum atomic E-state index is 13.1. The molecule has 2 aliphatic heterocycles. The van der Waals surface area contributed by atoms with Crippen LogP contribution in [0.3, 0.4) is 0 Å². The number of amides is 1. The average molecular weight is 393 g/mol. The normalized spacial score (nSPS) is 17.3. The SMILES string of the molecule is N#CC(c1ccc(F)cc1)N1CCN(C(=O)C=Cc2ccc3c(c2)OCO3)CC1. The summed E-state index contributed by atoms with van der Waals surface area (Å²) in [5.41, 5.74) is 1.62. The van der Waals surface area contributed by atoms with E-state index in [0.29, 0.717) is 37.7 Å². The van der Waals surface area contributed by atoms with Crippen LogP contribution in [0.2, 0.25) is 0 Å². The van der Waals surface area contributed by atoms with Crippen molar-refractivity contribution in [2.45, 2.75) is 6.04 Å². The molecular formula is C22H20FN3O3. The van der Waals surface area contributed by atoms with Crippen LogP contribution in [-0.2, 0) is 4.79 Å². The van der Waals surface area contributed by atoms with Gasteiger partial charge < -0.3 is 14.4 Å². The van der Waals surface area contributed by atoms with Crippen LogP contribution in [-0.4, -0.2) is 48.7 Å². The molecule has 7 heteroatoms. The Morgan fingerprint density at radius 1 is 1.07 bits per heavy atom. The summed E-state index contributed by atoms with van der Waals surface area (Å²) in [7, 11) is 0. The van der Waals surface area contributed by atoms with Crippen LogP contribution in [0, 0.1) is 17.1 Å². The molecule has 0 aromatic heterocycles. The van der Waals surface area contributed by atoms with Crippen LogP contribution in [0.25, 0.3) is 6.08 Å². The molecule has 2 heterocycles. The van der Waals surface area contributed by atoms with E-state index in [0.717, 1.165) is 11.1 Å². The third-order valence-electron chi connectivity index (χ3n) is 5.11. The lowest BCUT2D eigenvalue weighted by atomic mass is 10.1. The molecule has 2 aliphatic rings. The van der Waals surface area contributed by atoms with Gasteiger partial charge in [-0.15, -0.1) is 0 Å². The molecule has 4 rings (SSSR count). The van der Waals surface area contributed by atoms with Gasteiger partial charge in [-0.05, 0) is 41.5 Å². The molecule has 0 saturated carbocycles. The average Bonchev–Trinajstić information content (AvgIpc) is 3.22. The van der Waals surface area contributed by atoms with Crippen molar-refractivity contribution in [3.63, 3.8) is 0 Å². The zero-order valence-corrected chi connectivity index (χ0v) is 15.8. The molecule has 6 nitrogen and oxygen atoms in total. The Hall–Kier alpha value is -3.37. The molecule has 0 radical (unpaired) electrons. The molecule has 148 valence electrons. The number of nitriles is 1. The molecule has 1 fully saturated rings. The van der Waals surface area contributed by atoms with Gasteiger partial charge in [-0.2, -0.15) is 5.26 Å². The number of fused-ring (bicyclic) bond motifs is 1. The predicted octanol–water partition coefficient (Wildman–Crippen LogP) is 2.98. The Labute approximate surface area is 168 Å². The van der Waals surface area contributed by atoms with Gasteiger partial charge in [0, 0.05) is 32.3 Å². The minimum atomic E-state index is -0.447. The topological polar surface area (TPSA) is 65.8 Å². The molecule has 0 aliphatic carbocycles. The van der Waals surface area contributed by atoms with E-state index in [1.807, 2.05) is 23.1 Å². The summed E-state index contributed by atoms with van der Waals surface area (Å²) in [6.07, 6.45) is 3.31. The van der Waals surface area contributed by atoms with E-state index in [2.05, 4.69) is 6.07 Å². The van der Waals surface area contributed by atoms with Gasteiger partial charge in [0.25, 0.3) is 0 Å². The Balaban J connectivity index is 1.34. The van der Waals surface area contributed by atoms with Crippen LogP contribution in [0.1, 0.15) is 17.2 Å². The van der Waals surface area contributed by atoms with Crippen molar-refractivity contribution in [3.05, 3.63) is 65.5 Å². The number of carbonyl (C=O) groups is 1. The first-order chi connectivity index (χ1) is 14.1. The molecule has 1 atom stereocenters. The fraction of sp³-hybridized carbons (Fsp3) is 0.273. The highest BCUT2D eigenvalue weighted by Crippen LogP contribution is 2.32. The van der Waals surface area contributed by atoms with Crippen molar-refractivity contribution in [1.82, 2.24) is 9.80 Å². The first kappa shape index (κ1) is 19.0. The van der Waals surface area contributed by atoms with Gasteiger partial charge in [0.15, 0.2) is 11.5 Å². The molecule has 0 spiro atoms. The first-order valence-electron chi connectivity index (χ1n) is 9.40. The summed E-state index contributed by atoms with van der Waals surface area (Å²) in [5, 5.41) is 9.56. The van der Waals surface area contributed by atoms with E-state index < -0.39 is 6.04 Å². The molecule has 1 saturated heterocycles. The van der Waals surface area contributed by atoms with Gasteiger partial charge in [0.1, 0.15) is 11.9 Å². The third-order valence-corrected chi connectivity index (χ3v) is 5.11. The summed E-state index contributed by atoms with van der Waals surface area (Å²) in [6.45, 7) is 2.44. The summed E-state index contributed by atoms with van der Waals surface area (Å²) < 4.78 is 23.8. The Morgan fingerprint density at radius 2 is 1.79 bits per heavy atom. The van der Waals surface area contributed by atoms with Crippen molar-refractivity contribution in [2.24, 2.45) is 0 Å². The maximum Gasteiger partial charge on any atom is 0.246 e. The minimum Gasteiger partial charge on any atom is -0.454 e. The van der Waals surface area contributed by atoms with Crippen molar-refractivity contribution in [2.75, 3.05) is 33.0 Å². The van der Waals surface area contributed by atoms with Crippen LogP contribution in [0.15, 0.2) is 48.5 Å². The number of nitrogens with zero attached hydrogens (tertiary/aromatic N) is 3. The highest BCUT2D eigenvalue weighted by atomic mass is 19.1. The van der Waals surface area contributed by atoms with E-state index >= 15 is 0 Å². The van der Waals surface area contributed by atoms with Crippen molar-refractivity contribution in [3.8, 4) is 17.6 Å². The molecule has 2 aromatic rings. The van der Waals surface area contributed by atoms with Crippen LogP contribution >= 0.6 is 0 Å². The lowest BCUT2D eigenvalue weighted by Crippen LogP contribution is -2.49. The summed E-state index contributed by atoms with van der Waals surface area (Å²) >= 11 is 0. The molecular weight excluding hydrogens is 373 g/mol. The highest BCUT2D eigenvalue weighted by Gasteiger charge is 2.26. The molecule has 1 unspecified atom stereocenters. The Morgan fingerprint density at radius 3 is 2.52 bits per heavy atom. The second-order valence-electron chi connectivity index (χ2n) is 6.89. The second kappa shape index (κ2) is 8.33. The highest BCUT2D eigenvalue weighted by molar-refractivity contribution is 5.92. The molecule has 2 aromatic carbocycles. The van der Waals surface area contributed by atoms with Crippen LogP contribution < -0.4 is 9.47 Å². The van der Waals surface area contributed by atoms with Gasteiger partial charge in [0.05, 0.1) is 6.07 Å². The largest absolute Gasteiger partial charge is 0.454 e. The molecule has 29 heavy (non-hydrogen) atoms. The standard InChI is InChI=1S/C22H20FN3O3/c23-18-5-3-17(4-6-18)19(14-24)25-9-11-26(12-10-25)22(27)8-2-16-1-7-20-21(13-16)29-15-28-20/h1-8,13,19H,9-12,15H2. The minimum absolute atomic E-state index is 0.0717. The van der Waals surface area contributed by atoms with Crippen LogP contribution in [0.5, 0.6) is 11.5 Å². The maximum absolute atomic E-state index is 13.1. The van der Waals surface area contributed by atoms with Crippen molar-refractivity contribution in [1.29, 1.82) is 5.26 Å². The molecule has 0 bridgehead atoms. The fourth-order valence-electron chi connectivity index (χ4n) is 3.50. The smallest absolute Gasteiger partial charge is 0.246 e. The summed E-state index contributed by atoms with van der Waals surface area (Å²) in [4.78, 5) is 16.3. The summed E-state index contributed by atoms with van der Waals surface area (Å²) in [5.74, 6) is 0.988. The number of carbonyl (C=O) groups excluding carboxylic acids is 1. The lowest BCUT2D eigenvalue weighted by molar-refractivity contribution is -0.127. The molecule has 0 N–H and O–H groups in total. The van der Waals surface area contributed by atoms with Gasteiger partial charge in [0.2, 0.25) is 12.7 Å². The Bertz CT molecular complexity index is 960. The molecule has 1 amide bonds. The number of halogens is 1. The van der Waals surface area contributed by atoms with E-state index in [1.54, 1.807) is 29.2 Å². The van der Waals surface area contributed by atoms with E-state index in [-0.39, 0.29) is 18.5 Å². The van der Waals surface area contributed by atoms with Gasteiger partial charge >= 0.3 is 0 Å². The van der Waals surface area contributed by atoms with E-state index in [1.165, 1.54) is 12.1 Å². The van der Waals surface area contributed by atoms with Crippen molar-refractivity contribution >= 4 is 12.0 Å². The van der Waals surface area contributed by atoms with Crippen molar-refractivity contribution < 1.29 is 18.7 Å². The fourth-order valence-corrected chi connectivity index (χ4v) is 3.50. The quantitative estimate of drug-likeness (QED) is 0.748. The number of hydrogen-bond acceptors (Lipinski definition) is 5. The summed E-state index contributed by atoms with van der Waals surface area (Å²) in [6, 6.07) is 13.4. The van der Waals surface area contributed by atoms with E-state index in [4.69, 9.17) is 9.47 Å². The van der Waals surface area contributed by atoms with Gasteiger partial charge in [-0.25, -0.2) is 4.39 Å². The zero-order chi connectivity index (χ0) is 20.2. The second-order valence-corrected chi connectivity index (χ2v) is 6.89. The number of ether oxygens (including phenoxy) is 2. The Kier molecular flexibility index (Phi) is 5.45.